The van der Waals surface area contributed by atoms with Gasteiger partial charge in [-0.05, 0) is 37.8 Å². The Balaban J connectivity index is 1.43. The molecular formula is C17H17N3O3S2. The van der Waals surface area contributed by atoms with Gasteiger partial charge in [0.25, 0.3) is 5.91 Å². The molecule has 130 valence electrons. The number of amides is 1. The van der Waals surface area contributed by atoms with Crippen molar-refractivity contribution >= 4 is 45.2 Å². The molecule has 6 nitrogen and oxygen atoms in total. The van der Waals surface area contributed by atoms with Crippen LogP contribution < -0.4 is 5.32 Å². The highest BCUT2D eigenvalue weighted by molar-refractivity contribution is 8.01. The predicted octanol–water partition coefficient (Wildman–Crippen LogP) is 2.74. The highest BCUT2D eigenvalue weighted by atomic mass is 32.2. The highest BCUT2D eigenvalue weighted by Crippen LogP contribution is 2.39. The van der Waals surface area contributed by atoms with E-state index in [-0.39, 0.29) is 18.3 Å². The molecule has 25 heavy (non-hydrogen) atoms. The zero-order valence-electron chi connectivity index (χ0n) is 13.7. The van der Waals surface area contributed by atoms with Gasteiger partial charge in [0, 0.05) is 0 Å². The average molecular weight is 375 g/mol. The largest absolute Gasteiger partial charge is 0.455 e. The number of ether oxygens (including phenoxy) is 1. The molecule has 1 atom stereocenters. The molecule has 0 saturated heterocycles. The van der Waals surface area contributed by atoms with Gasteiger partial charge >= 0.3 is 5.97 Å². The number of thiazole rings is 1. The van der Waals surface area contributed by atoms with E-state index in [0.717, 1.165) is 27.4 Å². The quantitative estimate of drug-likeness (QED) is 0.591. The minimum Gasteiger partial charge on any atom is -0.455 e. The van der Waals surface area contributed by atoms with E-state index in [9.17, 15) is 14.9 Å². The van der Waals surface area contributed by atoms with Gasteiger partial charge in [0.05, 0.1) is 22.0 Å². The van der Waals surface area contributed by atoms with Crippen molar-refractivity contribution in [3.8, 4) is 6.07 Å². The fourth-order valence-electron chi connectivity index (χ4n) is 2.43. The third-order valence-electron chi connectivity index (χ3n) is 3.98. The molecule has 0 spiro atoms. The second-order valence-electron chi connectivity index (χ2n) is 6.03. The van der Waals surface area contributed by atoms with Crippen molar-refractivity contribution in [1.29, 1.82) is 5.26 Å². The number of hydrogen-bond acceptors (Lipinski definition) is 7. The number of esters is 1. The van der Waals surface area contributed by atoms with Gasteiger partial charge in [-0.15, -0.1) is 11.3 Å². The van der Waals surface area contributed by atoms with Crippen molar-refractivity contribution in [2.45, 2.75) is 29.6 Å². The summed E-state index contributed by atoms with van der Waals surface area (Å²) in [6, 6.07) is 9.89. The molecule has 1 N–H and O–H groups in total. The molecule has 1 saturated carbocycles. The predicted molar refractivity (Wildman–Crippen MR) is 96.2 cm³/mol. The number of carbonyl (C=O) groups excluding carboxylic acids is 2. The summed E-state index contributed by atoms with van der Waals surface area (Å²) >= 11 is 2.80. The molecule has 1 aliphatic carbocycles. The Morgan fingerprint density at radius 2 is 2.24 bits per heavy atom. The summed E-state index contributed by atoms with van der Waals surface area (Å²) in [4.78, 5) is 28.1. The Hall–Kier alpha value is -2.11. The molecule has 0 bridgehead atoms. The van der Waals surface area contributed by atoms with Crippen LogP contribution in [0, 0.1) is 17.2 Å². The molecule has 1 fully saturated rings. The number of carbonyl (C=O) groups is 2. The van der Waals surface area contributed by atoms with Gasteiger partial charge < -0.3 is 10.1 Å². The maximum absolute atomic E-state index is 11.9. The SMILES string of the molecule is C[C@@](C#N)(NC(=O)COC(=O)CSc1nc2ccccc2s1)C1CC1. The number of para-hydroxylation sites is 1. The Morgan fingerprint density at radius 1 is 1.48 bits per heavy atom. The van der Waals surface area contributed by atoms with Crippen LogP contribution in [-0.4, -0.2) is 34.8 Å². The fourth-order valence-corrected chi connectivity index (χ4v) is 4.30. The van der Waals surface area contributed by atoms with E-state index >= 15 is 0 Å². The van der Waals surface area contributed by atoms with Crippen LogP contribution in [0.1, 0.15) is 19.8 Å². The number of fused-ring (bicyclic) bond motifs is 1. The second kappa shape index (κ2) is 7.42. The summed E-state index contributed by atoms with van der Waals surface area (Å²) < 4.78 is 6.83. The van der Waals surface area contributed by atoms with Gasteiger partial charge in [-0.3, -0.25) is 9.59 Å². The van der Waals surface area contributed by atoms with Crippen LogP contribution in [0.15, 0.2) is 28.6 Å². The molecule has 2 aromatic rings. The van der Waals surface area contributed by atoms with Crippen LogP contribution in [0.3, 0.4) is 0 Å². The standard InChI is InChI=1S/C17H17N3O3S2/c1-17(10-18,11-6-7-11)20-14(21)8-23-15(22)9-24-16-19-12-4-2-3-5-13(12)25-16/h2-5,11H,6-9H2,1H3,(H,20,21)/t17-/m0/s1. The summed E-state index contributed by atoms with van der Waals surface area (Å²) in [5, 5.41) is 11.9. The first-order valence-corrected chi connectivity index (χ1v) is 9.66. The zero-order chi connectivity index (χ0) is 17.9. The lowest BCUT2D eigenvalue weighted by atomic mass is 9.98. The van der Waals surface area contributed by atoms with E-state index in [1.165, 1.54) is 23.1 Å². The molecule has 1 amide bonds. The Kier molecular flexibility index (Phi) is 5.25. The van der Waals surface area contributed by atoms with Crippen molar-refractivity contribution in [3.05, 3.63) is 24.3 Å². The molecule has 1 aromatic heterocycles. The van der Waals surface area contributed by atoms with Crippen molar-refractivity contribution in [2.24, 2.45) is 5.92 Å². The Morgan fingerprint density at radius 3 is 2.92 bits per heavy atom. The third kappa shape index (κ3) is 4.50. The summed E-state index contributed by atoms with van der Waals surface area (Å²) in [7, 11) is 0. The topological polar surface area (TPSA) is 92.1 Å². The van der Waals surface area contributed by atoms with E-state index in [2.05, 4.69) is 16.4 Å². The molecular weight excluding hydrogens is 358 g/mol. The van der Waals surface area contributed by atoms with Crippen LogP contribution in [0.4, 0.5) is 0 Å². The Bertz CT molecular complexity index is 808. The summed E-state index contributed by atoms with van der Waals surface area (Å²) in [6.07, 6.45) is 1.87. The van der Waals surface area contributed by atoms with Crippen molar-refractivity contribution in [1.82, 2.24) is 10.3 Å². The van der Waals surface area contributed by atoms with E-state index < -0.39 is 17.4 Å². The smallest absolute Gasteiger partial charge is 0.316 e. The van der Waals surface area contributed by atoms with Gasteiger partial charge in [-0.25, -0.2) is 4.98 Å². The lowest BCUT2D eigenvalue weighted by Crippen LogP contribution is -2.48. The number of nitriles is 1. The normalized spacial score (nSPS) is 16.0. The molecule has 1 aliphatic rings. The van der Waals surface area contributed by atoms with Gasteiger partial charge in [0.15, 0.2) is 10.9 Å². The van der Waals surface area contributed by atoms with E-state index in [4.69, 9.17) is 4.74 Å². The van der Waals surface area contributed by atoms with Crippen molar-refractivity contribution in [2.75, 3.05) is 12.4 Å². The first kappa shape index (κ1) is 17.7. The zero-order valence-corrected chi connectivity index (χ0v) is 15.3. The molecule has 1 heterocycles. The van der Waals surface area contributed by atoms with Crippen LogP contribution in [0.25, 0.3) is 10.2 Å². The van der Waals surface area contributed by atoms with Crippen LogP contribution >= 0.6 is 23.1 Å². The maximum atomic E-state index is 11.9. The number of thioether (sulfide) groups is 1. The number of aromatic nitrogens is 1. The first-order valence-electron chi connectivity index (χ1n) is 7.86. The lowest BCUT2D eigenvalue weighted by Gasteiger charge is -2.22. The van der Waals surface area contributed by atoms with Crippen LogP contribution in [-0.2, 0) is 14.3 Å². The molecule has 1 aromatic carbocycles. The average Bonchev–Trinajstić information content (AvgIpc) is 3.38. The lowest BCUT2D eigenvalue weighted by molar-refractivity contribution is -0.146. The first-order chi connectivity index (χ1) is 12.0. The Labute approximate surface area is 153 Å². The third-order valence-corrected chi connectivity index (χ3v) is 6.13. The van der Waals surface area contributed by atoms with E-state index in [1.54, 1.807) is 6.92 Å². The summed E-state index contributed by atoms with van der Waals surface area (Å²) in [5.41, 5.74) is 0.0257. The number of rotatable bonds is 7. The van der Waals surface area contributed by atoms with Crippen LogP contribution in [0.2, 0.25) is 0 Å². The molecule has 0 aliphatic heterocycles. The minimum atomic E-state index is -0.876. The van der Waals surface area contributed by atoms with Gasteiger partial charge in [0.1, 0.15) is 5.54 Å². The number of nitrogens with one attached hydrogen (secondary N) is 1. The molecule has 0 radical (unpaired) electrons. The molecule has 8 heteroatoms. The van der Waals surface area contributed by atoms with E-state index in [0.29, 0.717) is 0 Å². The van der Waals surface area contributed by atoms with Gasteiger partial charge in [-0.2, -0.15) is 5.26 Å². The summed E-state index contributed by atoms with van der Waals surface area (Å²) in [5.74, 6) is -0.656. The number of benzene rings is 1. The molecule has 3 rings (SSSR count). The van der Waals surface area contributed by atoms with Gasteiger partial charge in [-0.1, -0.05) is 23.9 Å². The number of nitrogens with zero attached hydrogens (tertiary/aromatic N) is 2. The van der Waals surface area contributed by atoms with Crippen molar-refractivity contribution in [3.63, 3.8) is 0 Å². The number of hydrogen-bond donors (Lipinski definition) is 1. The van der Waals surface area contributed by atoms with E-state index in [1.807, 2.05) is 24.3 Å². The maximum Gasteiger partial charge on any atom is 0.316 e. The summed E-state index contributed by atoms with van der Waals surface area (Å²) in [6.45, 7) is 1.33. The second-order valence-corrected chi connectivity index (χ2v) is 8.29. The monoisotopic (exact) mass is 375 g/mol. The van der Waals surface area contributed by atoms with Crippen LogP contribution in [0.5, 0.6) is 0 Å². The highest BCUT2D eigenvalue weighted by Gasteiger charge is 2.43. The minimum absolute atomic E-state index is 0.0885. The fraction of sp³-hybridized carbons (Fsp3) is 0.412. The van der Waals surface area contributed by atoms with Gasteiger partial charge in [0.2, 0.25) is 0 Å². The molecule has 0 unspecified atom stereocenters. The van der Waals surface area contributed by atoms with Crippen molar-refractivity contribution < 1.29 is 14.3 Å².